The van der Waals surface area contributed by atoms with Gasteiger partial charge in [-0.15, -0.1) is 11.6 Å². The first kappa shape index (κ1) is 25.8. The monoisotopic (exact) mass is 557 g/mol. The number of H-pyrrole nitrogens is 1. The van der Waals surface area contributed by atoms with E-state index in [0.29, 0.717) is 53.2 Å². The van der Waals surface area contributed by atoms with Gasteiger partial charge in [0.05, 0.1) is 32.5 Å². The fourth-order valence-electron chi connectivity index (χ4n) is 5.46. The van der Waals surface area contributed by atoms with Gasteiger partial charge in [0, 0.05) is 41.4 Å². The summed E-state index contributed by atoms with van der Waals surface area (Å²) in [5, 5.41) is 1.69. The first-order valence-electron chi connectivity index (χ1n) is 12.9. The number of alkyl halides is 1. The van der Waals surface area contributed by atoms with E-state index in [1.165, 1.54) is 0 Å². The fourth-order valence-corrected chi connectivity index (χ4v) is 5.71. The Morgan fingerprint density at radius 2 is 1.80 bits per heavy atom. The minimum atomic E-state index is -0.192. The molecule has 9 heteroatoms. The van der Waals surface area contributed by atoms with Crippen molar-refractivity contribution in [1.29, 1.82) is 0 Å². The van der Waals surface area contributed by atoms with Crippen LogP contribution in [0.3, 0.4) is 0 Å². The number of aromatic amines is 1. The van der Waals surface area contributed by atoms with Crippen molar-refractivity contribution < 1.29 is 23.7 Å². The molecule has 0 aliphatic carbocycles. The molecule has 3 heterocycles. The van der Waals surface area contributed by atoms with E-state index >= 15 is 0 Å². The third-order valence-corrected chi connectivity index (χ3v) is 7.67. The second-order valence-electron chi connectivity index (χ2n) is 9.54. The number of halogens is 1. The summed E-state index contributed by atoms with van der Waals surface area (Å²) in [4.78, 5) is 23.7. The van der Waals surface area contributed by atoms with Crippen LogP contribution in [0.1, 0.15) is 27.5 Å². The number of anilines is 1. The highest BCUT2D eigenvalue weighted by Crippen LogP contribution is 2.47. The number of rotatable bonds is 8. The zero-order valence-electron chi connectivity index (χ0n) is 22.4. The molecular weight excluding hydrogens is 530 g/mol. The van der Waals surface area contributed by atoms with Crippen LogP contribution >= 0.6 is 11.6 Å². The summed E-state index contributed by atoms with van der Waals surface area (Å²) in [5.74, 6) is 2.14. The number of hydrogen-bond acceptors (Lipinski definition) is 6. The second-order valence-corrected chi connectivity index (χ2v) is 9.85. The quantitative estimate of drug-likeness (QED) is 0.225. The van der Waals surface area contributed by atoms with Gasteiger partial charge in [0.15, 0.2) is 11.5 Å². The van der Waals surface area contributed by atoms with Gasteiger partial charge < -0.3 is 28.8 Å². The number of pyridine rings is 1. The third-order valence-electron chi connectivity index (χ3n) is 7.30. The van der Waals surface area contributed by atoms with Gasteiger partial charge in [-0.05, 0) is 29.3 Å². The zero-order valence-corrected chi connectivity index (χ0v) is 23.1. The van der Waals surface area contributed by atoms with Crippen LogP contribution in [0, 0.1) is 0 Å². The number of nitrogens with zero attached hydrogens (tertiary/aromatic N) is 2. The molecule has 204 valence electrons. The molecule has 0 saturated heterocycles. The normalized spacial score (nSPS) is 14.4. The molecule has 5 aromatic rings. The number of hydrogen-bond donors (Lipinski definition) is 1. The van der Waals surface area contributed by atoms with Gasteiger partial charge in [0.1, 0.15) is 23.6 Å². The molecular formula is C31H28ClN3O5. The first-order valence-corrected chi connectivity index (χ1v) is 13.4. The Morgan fingerprint density at radius 3 is 2.52 bits per heavy atom. The van der Waals surface area contributed by atoms with Crippen molar-refractivity contribution >= 4 is 45.0 Å². The number of benzene rings is 3. The molecule has 0 saturated carbocycles. The standard InChI is InChI=1S/C31H28ClN3O5/c1-37-25-13-19-12-22(34-27(19)30(39-3)29(25)38-2)31(36)35-16-20(15-32)26-21-10-7-11-33-28(21)24(14-23(26)35)40-17-18-8-5-4-6-9-18/h4-14,20,34H,15-17H2,1-3H3. The summed E-state index contributed by atoms with van der Waals surface area (Å²) in [6, 6.07) is 19.4. The largest absolute Gasteiger partial charge is 0.493 e. The van der Waals surface area contributed by atoms with Crippen LogP contribution < -0.4 is 23.8 Å². The molecule has 1 aliphatic rings. The number of nitrogens with one attached hydrogen (secondary N) is 1. The van der Waals surface area contributed by atoms with E-state index in [0.717, 1.165) is 33.1 Å². The van der Waals surface area contributed by atoms with Gasteiger partial charge in [0.25, 0.3) is 5.91 Å². The first-order chi connectivity index (χ1) is 19.6. The Morgan fingerprint density at radius 1 is 1.00 bits per heavy atom. The maximum Gasteiger partial charge on any atom is 0.274 e. The lowest BCUT2D eigenvalue weighted by molar-refractivity contribution is 0.0984. The molecule has 1 aliphatic heterocycles. The molecule has 1 amide bonds. The number of amides is 1. The lowest BCUT2D eigenvalue weighted by atomic mass is 9.97. The van der Waals surface area contributed by atoms with Crippen molar-refractivity contribution in [2.24, 2.45) is 0 Å². The smallest absolute Gasteiger partial charge is 0.274 e. The molecule has 40 heavy (non-hydrogen) atoms. The van der Waals surface area contributed by atoms with Crippen molar-refractivity contribution in [1.82, 2.24) is 9.97 Å². The average molecular weight is 558 g/mol. The number of fused-ring (bicyclic) bond motifs is 4. The summed E-state index contributed by atoms with van der Waals surface area (Å²) in [5.41, 5.74) is 4.59. The highest BCUT2D eigenvalue weighted by Gasteiger charge is 2.36. The molecule has 1 unspecified atom stereocenters. The lowest BCUT2D eigenvalue weighted by Crippen LogP contribution is -2.30. The number of carbonyl (C=O) groups excluding carboxylic acids is 1. The Balaban J connectivity index is 1.44. The van der Waals surface area contributed by atoms with E-state index in [9.17, 15) is 4.79 Å². The zero-order chi connectivity index (χ0) is 27.8. The van der Waals surface area contributed by atoms with E-state index in [1.807, 2.05) is 54.6 Å². The number of methoxy groups -OCH3 is 3. The van der Waals surface area contributed by atoms with Crippen LogP contribution in [0.5, 0.6) is 23.0 Å². The van der Waals surface area contributed by atoms with Crippen molar-refractivity contribution in [3.63, 3.8) is 0 Å². The van der Waals surface area contributed by atoms with Crippen LogP contribution in [0.25, 0.3) is 21.8 Å². The van der Waals surface area contributed by atoms with Crippen LogP contribution in [-0.2, 0) is 6.61 Å². The SMILES string of the molecule is COc1cc2cc(C(=O)N3CC(CCl)c4c3cc(OCc3ccccc3)c3ncccc43)[nH]c2c(OC)c1OC. The molecule has 2 aromatic heterocycles. The topological polar surface area (TPSA) is 85.9 Å². The van der Waals surface area contributed by atoms with Gasteiger partial charge in [0.2, 0.25) is 5.75 Å². The summed E-state index contributed by atoms with van der Waals surface area (Å²) < 4.78 is 22.9. The van der Waals surface area contributed by atoms with Gasteiger partial charge in [-0.2, -0.15) is 0 Å². The van der Waals surface area contributed by atoms with Crippen LogP contribution in [0.15, 0.2) is 66.9 Å². The average Bonchev–Trinajstić information content (AvgIpc) is 3.60. The van der Waals surface area contributed by atoms with Crippen LogP contribution in [0.2, 0.25) is 0 Å². The van der Waals surface area contributed by atoms with Gasteiger partial charge in [-0.3, -0.25) is 9.78 Å². The maximum atomic E-state index is 14.1. The molecule has 0 radical (unpaired) electrons. The van der Waals surface area contributed by atoms with Crippen molar-refractivity contribution in [2.75, 3.05) is 38.7 Å². The van der Waals surface area contributed by atoms with Gasteiger partial charge >= 0.3 is 0 Å². The summed E-state index contributed by atoms with van der Waals surface area (Å²) in [6.07, 6.45) is 1.75. The van der Waals surface area contributed by atoms with Gasteiger partial charge in [-0.1, -0.05) is 36.4 Å². The maximum absolute atomic E-state index is 14.1. The molecule has 1 N–H and O–H groups in total. The summed E-state index contributed by atoms with van der Waals surface area (Å²) in [6.45, 7) is 0.812. The fraction of sp³-hybridized carbons (Fsp3) is 0.226. The molecule has 0 bridgehead atoms. The Hall–Kier alpha value is -4.43. The third kappa shape index (κ3) is 4.25. The number of aromatic nitrogens is 2. The summed E-state index contributed by atoms with van der Waals surface area (Å²) >= 11 is 6.46. The number of carbonyl (C=O) groups is 1. The Kier molecular flexibility index (Phi) is 6.86. The highest BCUT2D eigenvalue weighted by atomic mass is 35.5. The second kappa shape index (κ2) is 10.6. The molecule has 0 fully saturated rings. The lowest BCUT2D eigenvalue weighted by Gasteiger charge is -2.19. The Labute approximate surface area is 236 Å². The van der Waals surface area contributed by atoms with Crippen LogP contribution in [-0.4, -0.2) is 49.6 Å². The van der Waals surface area contributed by atoms with E-state index in [1.54, 1.807) is 38.5 Å². The van der Waals surface area contributed by atoms with E-state index in [2.05, 4.69) is 9.97 Å². The summed E-state index contributed by atoms with van der Waals surface area (Å²) in [7, 11) is 4.66. The van der Waals surface area contributed by atoms with Crippen molar-refractivity contribution in [3.05, 3.63) is 83.7 Å². The van der Waals surface area contributed by atoms with Crippen LogP contribution in [0.4, 0.5) is 5.69 Å². The molecule has 8 nitrogen and oxygen atoms in total. The van der Waals surface area contributed by atoms with E-state index in [-0.39, 0.29) is 11.8 Å². The minimum Gasteiger partial charge on any atom is -0.493 e. The predicted molar refractivity (Wildman–Crippen MR) is 156 cm³/mol. The minimum absolute atomic E-state index is 0.0606. The van der Waals surface area contributed by atoms with Gasteiger partial charge in [-0.25, -0.2) is 0 Å². The number of ether oxygens (including phenoxy) is 4. The molecule has 1 atom stereocenters. The Bertz CT molecular complexity index is 1720. The highest BCUT2D eigenvalue weighted by molar-refractivity contribution is 6.19. The molecule has 3 aromatic carbocycles. The van der Waals surface area contributed by atoms with E-state index < -0.39 is 0 Å². The van der Waals surface area contributed by atoms with E-state index in [4.69, 9.17) is 30.5 Å². The predicted octanol–water partition coefficient (Wildman–Crippen LogP) is 6.30. The molecule has 6 rings (SSSR count). The van der Waals surface area contributed by atoms with Crippen molar-refractivity contribution in [2.45, 2.75) is 12.5 Å². The van der Waals surface area contributed by atoms with Crippen molar-refractivity contribution in [3.8, 4) is 23.0 Å². The molecule has 0 spiro atoms.